The molecule has 1 amide bonds. The normalized spacial score (nSPS) is 14.7. The quantitative estimate of drug-likeness (QED) is 0.659. The molecule has 156 valence electrons. The molecular formula is C24H27ClN4O. The van der Waals surface area contributed by atoms with Gasteiger partial charge in [0.25, 0.3) is 5.91 Å². The molecule has 6 heteroatoms. The van der Waals surface area contributed by atoms with Gasteiger partial charge in [-0.15, -0.1) is 0 Å². The molecule has 2 aromatic carbocycles. The van der Waals surface area contributed by atoms with Crippen molar-refractivity contribution in [1.29, 1.82) is 0 Å². The zero-order chi connectivity index (χ0) is 21.3. The summed E-state index contributed by atoms with van der Waals surface area (Å²) < 4.78 is 2.05. The van der Waals surface area contributed by atoms with E-state index in [1.165, 1.54) is 5.69 Å². The topological polar surface area (TPSA) is 40.5 Å². The van der Waals surface area contributed by atoms with E-state index in [4.69, 9.17) is 11.6 Å². The van der Waals surface area contributed by atoms with Gasteiger partial charge in [-0.1, -0.05) is 11.6 Å². The second-order valence-corrected chi connectivity index (χ2v) is 8.34. The number of hydrogen-bond donors (Lipinski definition) is 1. The van der Waals surface area contributed by atoms with Crippen molar-refractivity contribution in [3.05, 3.63) is 76.6 Å². The van der Waals surface area contributed by atoms with Gasteiger partial charge in [0.15, 0.2) is 0 Å². The lowest BCUT2D eigenvalue weighted by atomic mass is 10.1. The molecule has 0 atom stereocenters. The van der Waals surface area contributed by atoms with E-state index in [1.807, 2.05) is 44.2 Å². The number of piperazine rings is 1. The van der Waals surface area contributed by atoms with Gasteiger partial charge in [-0.3, -0.25) is 4.79 Å². The van der Waals surface area contributed by atoms with Crippen molar-refractivity contribution in [2.24, 2.45) is 0 Å². The van der Waals surface area contributed by atoms with Crippen LogP contribution in [0.4, 0.5) is 11.4 Å². The summed E-state index contributed by atoms with van der Waals surface area (Å²) in [7, 11) is 2.15. The van der Waals surface area contributed by atoms with E-state index >= 15 is 0 Å². The van der Waals surface area contributed by atoms with Crippen molar-refractivity contribution in [3.8, 4) is 5.69 Å². The molecule has 0 saturated carbocycles. The fourth-order valence-corrected chi connectivity index (χ4v) is 4.12. The molecule has 0 aliphatic carbocycles. The van der Waals surface area contributed by atoms with Crippen LogP contribution in [0.1, 0.15) is 21.7 Å². The van der Waals surface area contributed by atoms with Gasteiger partial charge in [0, 0.05) is 54.0 Å². The smallest absolute Gasteiger partial charge is 0.257 e. The Morgan fingerprint density at radius 1 is 0.900 bits per heavy atom. The summed E-state index contributed by atoms with van der Waals surface area (Å²) >= 11 is 6.25. The van der Waals surface area contributed by atoms with Crippen LogP contribution in [0, 0.1) is 13.8 Å². The minimum Gasteiger partial charge on any atom is -0.369 e. The summed E-state index contributed by atoms with van der Waals surface area (Å²) in [6.07, 6.45) is 0. The van der Waals surface area contributed by atoms with Gasteiger partial charge < -0.3 is 19.7 Å². The van der Waals surface area contributed by atoms with Crippen LogP contribution in [0.5, 0.6) is 0 Å². The van der Waals surface area contributed by atoms with E-state index in [2.05, 4.69) is 38.9 Å². The standard InChI is InChI=1S/C24H27ClN4O/c1-17-4-5-18(2)29(17)23-16-19(25)6-11-22(23)24(30)26-20-7-9-21(10-8-20)28-14-12-27(3)13-15-28/h4-11,16H,12-15H2,1-3H3,(H,26,30). The summed E-state index contributed by atoms with van der Waals surface area (Å²) in [4.78, 5) is 17.8. The van der Waals surface area contributed by atoms with Crippen molar-refractivity contribution < 1.29 is 4.79 Å². The van der Waals surface area contributed by atoms with Gasteiger partial charge in [0.2, 0.25) is 0 Å². The Labute approximate surface area is 182 Å². The van der Waals surface area contributed by atoms with E-state index < -0.39 is 0 Å². The second kappa shape index (κ2) is 8.54. The zero-order valence-corrected chi connectivity index (χ0v) is 18.4. The molecule has 1 N–H and O–H groups in total. The van der Waals surface area contributed by atoms with E-state index in [-0.39, 0.29) is 5.91 Å². The van der Waals surface area contributed by atoms with Crippen molar-refractivity contribution in [2.75, 3.05) is 43.4 Å². The van der Waals surface area contributed by atoms with E-state index in [9.17, 15) is 4.79 Å². The first-order valence-corrected chi connectivity index (χ1v) is 10.6. The lowest BCUT2D eigenvalue weighted by Crippen LogP contribution is -2.44. The van der Waals surface area contributed by atoms with Crippen LogP contribution in [0.2, 0.25) is 5.02 Å². The third-order valence-corrected chi connectivity index (χ3v) is 5.95. The maximum Gasteiger partial charge on any atom is 0.257 e. The Kier molecular flexibility index (Phi) is 5.84. The number of nitrogens with one attached hydrogen (secondary N) is 1. The van der Waals surface area contributed by atoms with Gasteiger partial charge >= 0.3 is 0 Å². The highest BCUT2D eigenvalue weighted by Gasteiger charge is 2.17. The Balaban J connectivity index is 1.55. The lowest BCUT2D eigenvalue weighted by Gasteiger charge is -2.34. The number of nitrogens with zero attached hydrogens (tertiary/aromatic N) is 3. The van der Waals surface area contributed by atoms with Gasteiger partial charge in [0.1, 0.15) is 0 Å². The highest BCUT2D eigenvalue weighted by Crippen LogP contribution is 2.26. The molecule has 30 heavy (non-hydrogen) atoms. The van der Waals surface area contributed by atoms with Gasteiger partial charge in [-0.05, 0) is 75.5 Å². The molecule has 0 radical (unpaired) electrons. The monoisotopic (exact) mass is 422 g/mol. The maximum absolute atomic E-state index is 13.1. The third-order valence-electron chi connectivity index (χ3n) is 5.71. The minimum atomic E-state index is -0.151. The van der Waals surface area contributed by atoms with Gasteiger partial charge in [0.05, 0.1) is 11.3 Å². The number of carbonyl (C=O) groups excluding carboxylic acids is 1. The number of benzene rings is 2. The van der Waals surface area contributed by atoms with Crippen molar-refractivity contribution in [1.82, 2.24) is 9.47 Å². The molecule has 0 bridgehead atoms. The van der Waals surface area contributed by atoms with Crippen LogP contribution < -0.4 is 10.2 Å². The van der Waals surface area contributed by atoms with Gasteiger partial charge in [-0.25, -0.2) is 0 Å². The fraction of sp³-hybridized carbons (Fsp3) is 0.292. The molecule has 1 aliphatic rings. The number of amides is 1. The number of aryl methyl sites for hydroxylation is 2. The molecule has 1 fully saturated rings. The molecular weight excluding hydrogens is 396 g/mol. The van der Waals surface area contributed by atoms with E-state index in [1.54, 1.807) is 12.1 Å². The molecule has 1 aromatic heterocycles. The first-order valence-electron chi connectivity index (χ1n) is 10.2. The highest BCUT2D eigenvalue weighted by atomic mass is 35.5. The Bertz CT molecular complexity index is 1030. The number of halogens is 1. The SMILES string of the molecule is Cc1ccc(C)n1-c1cc(Cl)ccc1C(=O)Nc1ccc(N2CCN(C)CC2)cc1. The Morgan fingerprint density at radius 3 is 2.17 bits per heavy atom. The molecule has 5 nitrogen and oxygen atoms in total. The van der Waals surface area contributed by atoms with Crippen LogP contribution in [-0.4, -0.2) is 48.6 Å². The number of aromatic nitrogens is 1. The molecule has 1 saturated heterocycles. The largest absolute Gasteiger partial charge is 0.369 e. The van der Waals surface area contributed by atoms with Crippen LogP contribution in [0.15, 0.2) is 54.6 Å². The number of anilines is 2. The number of likely N-dealkylation sites (N-methyl/N-ethyl adjacent to an activating group) is 1. The maximum atomic E-state index is 13.1. The van der Waals surface area contributed by atoms with E-state index in [0.717, 1.165) is 48.9 Å². The molecule has 3 aromatic rings. The zero-order valence-electron chi connectivity index (χ0n) is 17.7. The molecule has 0 spiro atoms. The Hall–Kier alpha value is -2.76. The Morgan fingerprint density at radius 2 is 1.53 bits per heavy atom. The molecule has 0 unspecified atom stereocenters. The lowest BCUT2D eigenvalue weighted by molar-refractivity contribution is 0.102. The van der Waals surface area contributed by atoms with Crippen LogP contribution in [-0.2, 0) is 0 Å². The summed E-state index contributed by atoms with van der Waals surface area (Å²) in [6.45, 7) is 8.21. The fourth-order valence-electron chi connectivity index (χ4n) is 3.95. The van der Waals surface area contributed by atoms with Gasteiger partial charge in [-0.2, -0.15) is 0 Å². The summed E-state index contributed by atoms with van der Waals surface area (Å²) in [5, 5.41) is 3.64. The van der Waals surface area contributed by atoms with Crippen molar-refractivity contribution in [3.63, 3.8) is 0 Å². The number of rotatable bonds is 4. The predicted molar refractivity (Wildman–Crippen MR) is 124 cm³/mol. The van der Waals surface area contributed by atoms with Crippen LogP contribution in [0.3, 0.4) is 0 Å². The van der Waals surface area contributed by atoms with Crippen molar-refractivity contribution in [2.45, 2.75) is 13.8 Å². The summed E-state index contributed by atoms with van der Waals surface area (Å²) in [5.74, 6) is -0.151. The summed E-state index contributed by atoms with van der Waals surface area (Å²) in [6, 6.07) is 17.5. The molecule has 2 heterocycles. The third kappa shape index (κ3) is 4.23. The van der Waals surface area contributed by atoms with Crippen molar-refractivity contribution >= 4 is 28.9 Å². The van der Waals surface area contributed by atoms with Crippen LogP contribution in [0.25, 0.3) is 5.69 Å². The van der Waals surface area contributed by atoms with E-state index in [0.29, 0.717) is 10.6 Å². The van der Waals surface area contributed by atoms with Crippen LogP contribution >= 0.6 is 11.6 Å². The highest BCUT2D eigenvalue weighted by molar-refractivity contribution is 6.31. The molecule has 1 aliphatic heterocycles. The first-order chi connectivity index (χ1) is 14.4. The minimum absolute atomic E-state index is 0.151. The number of carbonyl (C=O) groups is 1. The average Bonchev–Trinajstić information content (AvgIpc) is 3.07. The first kappa shape index (κ1) is 20.5. The predicted octanol–water partition coefficient (Wildman–Crippen LogP) is 4.75. The molecule has 4 rings (SSSR count). The summed E-state index contributed by atoms with van der Waals surface area (Å²) in [5.41, 5.74) is 5.45. The number of hydrogen-bond acceptors (Lipinski definition) is 3. The average molecular weight is 423 g/mol. The second-order valence-electron chi connectivity index (χ2n) is 7.90.